The molecule has 0 spiro atoms. The first-order valence-corrected chi connectivity index (χ1v) is 6.81. The highest BCUT2D eigenvalue weighted by Gasteiger charge is 2.30. The minimum atomic E-state index is 0.121. The number of rotatable bonds is 5. The largest absolute Gasteiger partial charge is 0.103 e. The van der Waals surface area contributed by atoms with Crippen molar-refractivity contribution in [2.24, 2.45) is 10.8 Å². The van der Waals surface area contributed by atoms with Crippen molar-refractivity contribution in [3.8, 4) is 11.8 Å². The summed E-state index contributed by atoms with van der Waals surface area (Å²) >= 11 is 0. The Kier molecular flexibility index (Phi) is 6.81. The second-order valence-electron chi connectivity index (χ2n) is 6.34. The molecule has 0 amide bonds. The minimum Gasteiger partial charge on any atom is -0.103 e. The molecule has 0 N–H and O–H groups in total. The third-order valence-corrected chi connectivity index (χ3v) is 3.68. The van der Waals surface area contributed by atoms with Crippen molar-refractivity contribution in [2.75, 3.05) is 0 Å². The molecule has 0 heteroatoms. The topological polar surface area (TPSA) is 0 Å². The Morgan fingerprint density at radius 1 is 0.812 bits per heavy atom. The summed E-state index contributed by atoms with van der Waals surface area (Å²) in [4.78, 5) is 0. The molecule has 0 aromatic rings. The standard InChI is InChI=1S/C16H30/c1-7-8-9-10-11-12-13-14-16(5,6)15(2,3)4/h7-12H2,1-6H3. The molecule has 0 nitrogen and oxygen atoms in total. The van der Waals surface area contributed by atoms with Crippen LogP contribution < -0.4 is 0 Å². The average Bonchev–Trinajstić information content (AvgIpc) is 2.14. The van der Waals surface area contributed by atoms with Crippen molar-refractivity contribution in [1.29, 1.82) is 0 Å². The van der Waals surface area contributed by atoms with Gasteiger partial charge < -0.3 is 0 Å². The van der Waals surface area contributed by atoms with Gasteiger partial charge in [0.2, 0.25) is 0 Å². The quantitative estimate of drug-likeness (QED) is 0.430. The molecule has 0 aliphatic rings. The fourth-order valence-corrected chi connectivity index (χ4v) is 1.29. The van der Waals surface area contributed by atoms with Gasteiger partial charge in [-0.25, -0.2) is 0 Å². The van der Waals surface area contributed by atoms with E-state index in [9.17, 15) is 0 Å². The number of hydrogen-bond acceptors (Lipinski definition) is 0. The number of hydrogen-bond donors (Lipinski definition) is 0. The third kappa shape index (κ3) is 6.21. The maximum atomic E-state index is 3.44. The van der Waals surface area contributed by atoms with E-state index in [1.807, 2.05) is 0 Å². The second kappa shape index (κ2) is 7.00. The summed E-state index contributed by atoms with van der Waals surface area (Å²) < 4.78 is 0. The molecule has 0 bridgehead atoms. The van der Waals surface area contributed by atoms with Crippen molar-refractivity contribution in [3.63, 3.8) is 0 Å². The molecule has 0 atom stereocenters. The van der Waals surface area contributed by atoms with E-state index in [1.54, 1.807) is 0 Å². The Bertz CT molecular complexity index is 229. The molecular formula is C16H30. The summed E-state index contributed by atoms with van der Waals surface area (Å²) in [6, 6.07) is 0. The van der Waals surface area contributed by atoms with Gasteiger partial charge in [-0.15, -0.1) is 5.92 Å². The van der Waals surface area contributed by atoms with E-state index in [-0.39, 0.29) is 10.8 Å². The molecule has 0 aromatic heterocycles. The van der Waals surface area contributed by atoms with Crippen LogP contribution in [-0.2, 0) is 0 Å². The van der Waals surface area contributed by atoms with Gasteiger partial charge in [-0.3, -0.25) is 0 Å². The van der Waals surface area contributed by atoms with Gasteiger partial charge in [0.05, 0.1) is 0 Å². The molecular weight excluding hydrogens is 192 g/mol. The molecule has 0 fully saturated rings. The molecule has 16 heavy (non-hydrogen) atoms. The zero-order valence-electron chi connectivity index (χ0n) is 12.2. The van der Waals surface area contributed by atoms with Crippen molar-refractivity contribution < 1.29 is 0 Å². The Hall–Kier alpha value is -0.440. The van der Waals surface area contributed by atoms with Gasteiger partial charge in [-0.2, -0.15) is 0 Å². The predicted octanol–water partition coefficient (Wildman–Crippen LogP) is 5.42. The van der Waals surface area contributed by atoms with Crippen molar-refractivity contribution in [1.82, 2.24) is 0 Å². The van der Waals surface area contributed by atoms with Crippen LogP contribution in [0.5, 0.6) is 0 Å². The van der Waals surface area contributed by atoms with Gasteiger partial charge in [0.1, 0.15) is 0 Å². The molecule has 0 radical (unpaired) electrons. The summed E-state index contributed by atoms with van der Waals surface area (Å²) in [5.41, 5.74) is 0.388. The van der Waals surface area contributed by atoms with Gasteiger partial charge in [0, 0.05) is 11.8 Å². The van der Waals surface area contributed by atoms with E-state index >= 15 is 0 Å². The maximum absolute atomic E-state index is 3.44. The van der Waals surface area contributed by atoms with Crippen LogP contribution in [0.3, 0.4) is 0 Å². The average molecular weight is 222 g/mol. The maximum Gasteiger partial charge on any atom is 0.0306 e. The van der Waals surface area contributed by atoms with Crippen molar-refractivity contribution in [3.05, 3.63) is 0 Å². The Labute approximate surface area is 103 Å². The highest BCUT2D eigenvalue weighted by molar-refractivity contribution is 5.12. The highest BCUT2D eigenvalue weighted by atomic mass is 14.3. The highest BCUT2D eigenvalue weighted by Crippen LogP contribution is 2.36. The summed E-state index contributed by atoms with van der Waals surface area (Å²) in [5.74, 6) is 6.80. The van der Waals surface area contributed by atoms with Crippen LogP contribution in [0.1, 0.15) is 80.1 Å². The van der Waals surface area contributed by atoms with Crippen LogP contribution in [0.25, 0.3) is 0 Å². The molecule has 0 saturated carbocycles. The lowest BCUT2D eigenvalue weighted by molar-refractivity contribution is 0.204. The lowest BCUT2D eigenvalue weighted by Gasteiger charge is -2.34. The summed E-state index contributed by atoms with van der Waals surface area (Å²) in [6.45, 7) is 13.6. The van der Waals surface area contributed by atoms with Crippen molar-refractivity contribution >= 4 is 0 Å². The summed E-state index contributed by atoms with van der Waals surface area (Å²) in [7, 11) is 0. The van der Waals surface area contributed by atoms with Crippen LogP contribution >= 0.6 is 0 Å². The van der Waals surface area contributed by atoms with Crippen LogP contribution in [0.2, 0.25) is 0 Å². The Morgan fingerprint density at radius 2 is 1.38 bits per heavy atom. The number of unbranched alkanes of at least 4 members (excludes halogenated alkanes) is 5. The summed E-state index contributed by atoms with van der Waals surface area (Å²) in [6.07, 6.45) is 7.76. The lowest BCUT2D eigenvalue weighted by Crippen LogP contribution is -2.27. The van der Waals surface area contributed by atoms with Crippen molar-refractivity contribution in [2.45, 2.75) is 80.1 Å². The van der Waals surface area contributed by atoms with Gasteiger partial charge >= 0.3 is 0 Å². The molecule has 94 valence electrons. The monoisotopic (exact) mass is 222 g/mol. The van der Waals surface area contributed by atoms with E-state index in [0.717, 1.165) is 6.42 Å². The molecule has 0 rings (SSSR count). The molecule has 0 saturated heterocycles. The smallest absolute Gasteiger partial charge is 0.0306 e. The minimum absolute atomic E-state index is 0.121. The molecule has 0 aromatic carbocycles. The van der Waals surface area contributed by atoms with Gasteiger partial charge in [-0.1, -0.05) is 59.3 Å². The first-order valence-electron chi connectivity index (χ1n) is 6.81. The zero-order chi connectivity index (χ0) is 12.7. The van der Waals surface area contributed by atoms with E-state index in [2.05, 4.69) is 53.4 Å². The lowest BCUT2D eigenvalue weighted by atomic mass is 9.70. The molecule has 0 unspecified atom stereocenters. The fourth-order valence-electron chi connectivity index (χ4n) is 1.29. The summed E-state index contributed by atoms with van der Waals surface area (Å²) in [5, 5.41) is 0. The first-order chi connectivity index (χ1) is 7.31. The van der Waals surface area contributed by atoms with E-state index in [4.69, 9.17) is 0 Å². The SMILES string of the molecule is CCCCCCCC#CC(C)(C)C(C)(C)C. The predicted molar refractivity (Wildman–Crippen MR) is 74.4 cm³/mol. The van der Waals surface area contributed by atoms with Crippen LogP contribution in [0.4, 0.5) is 0 Å². The molecule has 0 heterocycles. The zero-order valence-corrected chi connectivity index (χ0v) is 12.2. The van der Waals surface area contributed by atoms with Gasteiger partial charge in [0.25, 0.3) is 0 Å². The third-order valence-electron chi connectivity index (χ3n) is 3.68. The van der Waals surface area contributed by atoms with E-state index in [0.29, 0.717) is 0 Å². The van der Waals surface area contributed by atoms with Crippen LogP contribution in [-0.4, -0.2) is 0 Å². The fraction of sp³-hybridized carbons (Fsp3) is 0.875. The van der Waals surface area contributed by atoms with E-state index in [1.165, 1.54) is 32.1 Å². The van der Waals surface area contributed by atoms with Gasteiger partial charge in [-0.05, 0) is 25.7 Å². The first kappa shape index (κ1) is 15.6. The second-order valence-corrected chi connectivity index (χ2v) is 6.34. The van der Waals surface area contributed by atoms with E-state index < -0.39 is 0 Å². The molecule has 0 aliphatic carbocycles. The van der Waals surface area contributed by atoms with Crippen LogP contribution in [0, 0.1) is 22.7 Å². The van der Waals surface area contributed by atoms with Crippen LogP contribution in [0.15, 0.2) is 0 Å². The Balaban J connectivity index is 3.85. The normalized spacial score (nSPS) is 12.1. The molecule has 0 aliphatic heterocycles. The van der Waals surface area contributed by atoms with Gasteiger partial charge in [0.15, 0.2) is 0 Å². The Morgan fingerprint density at radius 3 is 1.88 bits per heavy atom.